The van der Waals surface area contributed by atoms with Crippen molar-refractivity contribution in [2.75, 3.05) is 35.6 Å². The van der Waals surface area contributed by atoms with Gasteiger partial charge in [-0.1, -0.05) is 26.7 Å². The first kappa shape index (κ1) is 18.0. The zero-order valence-electron chi connectivity index (χ0n) is 13.7. The Morgan fingerprint density at radius 3 is 1.55 bits per heavy atom. The van der Waals surface area contributed by atoms with E-state index in [2.05, 4.69) is 50.8 Å². The van der Waals surface area contributed by atoms with Gasteiger partial charge in [0.1, 0.15) is 0 Å². The van der Waals surface area contributed by atoms with Crippen LogP contribution in [0.4, 0.5) is 17.8 Å². The highest BCUT2D eigenvalue weighted by Crippen LogP contribution is 2.10. The third-order valence-electron chi connectivity index (χ3n) is 3.01. The van der Waals surface area contributed by atoms with Gasteiger partial charge in [-0.15, -0.1) is 0 Å². The summed E-state index contributed by atoms with van der Waals surface area (Å²) in [7, 11) is 0. The number of unbranched alkanes of at least 4 members (excludes halogenated alkanes) is 3. The zero-order valence-corrected chi connectivity index (χ0v) is 13.7. The molecule has 1 aromatic heterocycles. The second-order valence-electron chi connectivity index (χ2n) is 5.06. The maximum absolute atomic E-state index is 8.55. The molecule has 122 valence electrons. The SMILES string of the molecule is CCCCNc1nc(NCCCC)nc(NCCCC#N)n1. The van der Waals surface area contributed by atoms with Crippen molar-refractivity contribution in [2.45, 2.75) is 52.4 Å². The first-order valence-electron chi connectivity index (χ1n) is 8.14. The minimum atomic E-state index is 0.529. The molecule has 0 atom stereocenters. The number of hydrogen-bond donors (Lipinski definition) is 3. The Kier molecular flexibility index (Phi) is 9.42. The van der Waals surface area contributed by atoms with Crippen molar-refractivity contribution in [3.63, 3.8) is 0 Å². The summed E-state index contributed by atoms with van der Waals surface area (Å²) in [6.45, 7) is 6.68. The van der Waals surface area contributed by atoms with Gasteiger partial charge in [0.2, 0.25) is 17.8 Å². The summed E-state index contributed by atoms with van der Waals surface area (Å²) in [6, 6.07) is 2.13. The highest BCUT2D eigenvalue weighted by molar-refractivity contribution is 5.42. The van der Waals surface area contributed by atoms with E-state index < -0.39 is 0 Å². The lowest BCUT2D eigenvalue weighted by molar-refractivity contribution is 0.813. The molecule has 0 saturated carbocycles. The molecule has 0 aliphatic heterocycles. The van der Waals surface area contributed by atoms with Gasteiger partial charge >= 0.3 is 0 Å². The minimum Gasteiger partial charge on any atom is -0.354 e. The monoisotopic (exact) mass is 305 g/mol. The first-order chi connectivity index (χ1) is 10.8. The van der Waals surface area contributed by atoms with E-state index in [4.69, 9.17) is 5.26 Å². The molecule has 22 heavy (non-hydrogen) atoms. The van der Waals surface area contributed by atoms with Gasteiger partial charge in [0.05, 0.1) is 6.07 Å². The van der Waals surface area contributed by atoms with Crippen LogP contribution in [-0.2, 0) is 0 Å². The number of nitrogens with zero attached hydrogens (tertiary/aromatic N) is 4. The van der Waals surface area contributed by atoms with Gasteiger partial charge in [-0.05, 0) is 19.3 Å². The van der Waals surface area contributed by atoms with Crippen molar-refractivity contribution in [3.8, 4) is 6.07 Å². The molecular formula is C15H27N7. The molecular weight excluding hydrogens is 278 g/mol. The van der Waals surface area contributed by atoms with E-state index in [1.165, 1.54) is 0 Å². The Bertz CT molecular complexity index is 427. The molecule has 3 N–H and O–H groups in total. The smallest absolute Gasteiger partial charge is 0.229 e. The predicted molar refractivity (Wildman–Crippen MR) is 90.0 cm³/mol. The average Bonchev–Trinajstić information content (AvgIpc) is 2.52. The summed E-state index contributed by atoms with van der Waals surface area (Å²) >= 11 is 0. The number of rotatable bonds is 12. The topological polar surface area (TPSA) is 98.5 Å². The van der Waals surface area contributed by atoms with E-state index in [1.54, 1.807) is 0 Å². The van der Waals surface area contributed by atoms with Crippen LogP contribution in [0.3, 0.4) is 0 Å². The van der Waals surface area contributed by atoms with Crippen molar-refractivity contribution in [3.05, 3.63) is 0 Å². The Labute approximate surface area is 133 Å². The van der Waals surface area contributed by atoms with E-state index in [-0.39, 0.29) is 0 Å². The van der Waals surface area contributed by atoms with Gasteiger partial charge in [-0.2, -0.15) is 20.2 Å². The summed E-state index contributed by atoms with van der Waals surface area (Å²) in [5.41, 5.74) is 0. The Balaban J connectivity index is 2.64. The van der Waals surface area contributed by atoms with E-state index in [9.17, 15) is 0 Å². The lowest BCUT2D eigenvalue weighted by atomic mass is 10.3. The zero-order chi connectivity index (χ0) is 16.0. The van der Waals surface area contributed by atoms with Gasteiger partial charge < -0.3 is 16.0 Å². The highest BCUT2D eigenvalue weighted by atomic mass is 15.3. The van der Waals surface area contributed by atoms with Crippen molar-refractivity contribution in [2.24, 2.45) is 0 Å². The van der Waals surface area contributed by atoms with Gasteiger partial charge in [-0.3, -0.25) is 0 Å². The molecule has 7 nitrogen and oxygen atoms in total. The molecule has 0 spiro atoms. The Morgan fingerprint density at radius 1 is 0.773 bits per heavy atom. The molecule has 1 rings (SSSR count). The lowest BCUT2D eigenvalue weighted by Gasteiger charge is -2.10. The van der Waals surface area contributed by atoms with Crippen molar-refractivity contribution in [1.29, 1.82) is 5.26 Å². The van der Waals surface area contributed by atoms with Crippen LogP contribution in [0.2, 0.25) is 0 Å². The van der Waals surface area contributed by atoms with Crippen molar-refractivity contribution in [1.82, 2.24) is 15.0 Å². The summed E-state index contributed by atoms with van der Waals surface area (Å²) in [5, 5.41) is 18.1. The third-order valence-corrected chi connectivity index (χ3v) is 3.01. The fraction of sp³-hybridized carbons (Fsp3) is 0.733. The summed E-state index contributed by atoms with van der Waals surface area (Å²) < 4.78 is 0. The molecule has 1 aromatic rings. The molecule has 0 amide bonds. The summed E-state index contributed by atoms with van der Waals surface area (Å²) in [6.07, 6.45) is 5.71. The molecule has 0 aliphatic rings. The molecule has 0 bridgehead atoms. The predicted octanol–water partition coefficient (Wildman–Crippen LogP) is 3.01. The van der Waals surface area contributed by atoms with Gasteiger partial charge in [0, 0.05) is 26.1 Å². The molecule has 7 heteroatoms. The van der Waals surface area contributed by atoms with Gasteiger partial charge in [-0.25, -0.2) is 0 Å². The Hall–Kier alpha value is -2.10. The molecule has 1 heterocycles. The van der Waals surface area contributed by atoms with Crippen LogP contribution >= 0.6 is 0 Å². The molecule has 0 fully saturated rings. The van der Waals surface area contributed by atoms with E-state index in [0.29, 0.717) is 30.8 Å². The quantitative estimate of drug-likeness (QED) is 0.510. The second kappa shape index (κ2) is 11.5. The van der Waals surface area contributed by atoms with Crippen LogP contribution in [0, 0.1) is 11.3 Å². The fourth-order valence-corrected chi connectivity index (χ4v) is 1.73. The molecule has 0 saturated heterocycles. The van der Waals surface area contributed by atoms with Crippen LogP contribution in [0.25, 0.3) is 0 Å². The van der Waals surface area contributed by atoms with E-state index in [0.717, 1.165) is 45.2 Å². The highest BCUT2D eigenvalue weighted by Gasteiger charge is 2.05. The average molecular weight is 305 g/mol. The standard InChI is InChI=1S/C15H27N7/c1-3-5-10-17-13-20-14(18-11-6-4-2)22-15(21-13)19-12-8-7-9-16/h3-8,10-12H2,1-2H3,(H3,17,18,19,20,21,22). The summed E-state index contributed by atoms with van der Waals surface area (Å²) in [5.74, 6) is 1.72. The number of hydrogen-bond acceptors (Lipinski definition) is 7. The fourth-order valence-electron chi connectivity index (χ4n) is 1.73. The lowest BCUT2D eigenvalue weighted by Crippen LogP contribution is -2.14. The van der Waals surface area contributed by atoms with Crippen LogP contribution < -0.4 is 16.0 Å². The normalized spacial score (nSPS) is 10.0. The van der Waals surface area contributed by atoms with Crippen LogP contribution in [0.1, 0.15) is 52.4 Å². The van der Waals surface area contributed by atoms with Crippen LogP contribution in [0.15, 0.2) is 0 Å². The molecule has 0 unspecified atom stereocenters. The van der Waals surface area contributed by atoms with E-state index >= 15 is 0 Å². The summed E-state index contributed by atoms with van der Waals surface area (Å²) in [4.78, 5) is 13.1. The molecule has 0 aromatic carbocycles. The maximum atomic E-state index is 8.55. The minimum absolute atomic E-state index is 0.529. The number of nitrogens with one attached hydrogen (secondary N) is 3. The van der Waals surface area contributed by atoms with E-state index in [1.807, 2.05) is 0 Å². The largest absolute Gasteiger partial charge is 0.354 e. The number of nitriles is 1. The molecule has 0 radical (unpaired) electrons. The van der Waals surface area contributed by atoms with Gasteiger partial charge in [0.25, 0.3) is 0 Å². The van der Waals surface area contributed by atoms with Crippen LogP contribution in [-0.4, -0.2) is 34.6 Å². The Morgan fingerprint density at radius 2 is 1.18 bits per heavy atom. The maximum Gasteiger partial charge on any atom is 0.229 e. The number of aromatic nitrogens is 3. The van der Waals surface area contributed by atoms with Crippen molar-refractivity contribution >= 4 is 17.8 Å². The number of anilines is 3. The van der Waals surface area contributed by atoms with Gasteiger partial charge in [0.15, 0.2) is 0 Å². The van der Waals surface area contributed by atoms with Crippen molar-refractivity contribution < 1.29 is 0 Å². The molecule has 0 aliphatic carbocycles. The first-order valence-corrected chi connectivity index (χ1v) is 8.14. The third kappa shape index (κ3) is 7.62. The second-order valence-corrected chi connectivity index (χ2v) is 5.06. The van der Waals surface area contributed by atoms with Crippen LogP contribution in [0.5, 0.6) is 0 Å².